The molecule has 12 aromatic carbocycles. The lowest BCUT2D eigenvalue weighted by Crippen LogP contribution is -2.00. The van der Waals surface area contributed by atoms with Gasteiger partial charge in [-0.1, -0.05) is 170 Å². The molecule has 0 bridgehead atoms. The van der Waals surface area contributed by atoms with Crippen molar-refractivity contribution in [1.29, 1.82) is 0 Å². The average Bonchev–Trinajstić information content (AvgIpc) is 3.71. The Morgan fingerprint density at radius 2 is 0.708 bits per heavy atom. The van der Waals surface area contributed by atoms with Crippen LogP contribution in [0.5, 0.6) is 0 Å². The van der Waals surface area contributed by atoms with Crippen LogP contribution in [0.4, 0.5) is 0 Å². The van der Waals surface area contributed by atoms with Gasteiger partial charge in [-0.05, 0) is 124 Å². The summed E-state index contributed by atoms with van der Waals surface area (Å²) in [7, 11) is 0. The summed E-state index contributed by atoms with van der Waals surface area (Å²) in [6.45, 7) is 0. The Bertz CT molecular complexity index is 4220. The first-order valence-electron chi connectivity index (χ1n) is 22.2. The van der Waals surface area contributed by atoms with E-state index in [-0.39, 0.29) is 0 Å². The molecular formula is C61H36N4. The standard InChI is InChI=1S/C61H36N4/c1-3-13-40(14-4-1)59-62-60(44-19-9-18-41(33-44)42-31-32-54-51(35-42)47-22-7-8-26-53(47)65(54)46-20-5-2-6-21-46)64-61(63-59)45-34-43-30-29-39-16-11-24-49-48-23-10-15-37-27-28-38-17-12-25-50(57(38)55(37)48)52(36-45)58(43)56(39)49/h1-36H. The Balaban J connectivity index is 0.993. The summed E-state index contributed by atoms with van der Waals surface area (Å²) >= 11 is 0. The van der Waals surface area contributed by atoms with Crippen LogP contribution >= 0.6 is 0 Å². The Labute approximate surface area is 373 Å². The quantitative estimate of drug-likeness (QED) is 0.162. The van der Waals surface area contributed by atoms with Crippen LogP contribution in [-0.4, -0.2) is 19.5 Å². The highest BCUT2D eigenvalue weighted by Crippen LogP contribution is 2.45. The van der Waals surface area contributed by atoms with Gasteiger partial charge in [0.15, 0.2) is 17.5 Å². The molecule has 0 fully saturated rings. The highest BCUT2D eigenvalue weighted by atomic mass is 15.0. The van der Waals surface area contributed by atoms with Crippen LogP contribution in [0.1, 0.15) is 0 Å². The molecule has 0 N–H and O–H groups in total. The van der Waals surface area contributed by atoms with E-state index >= 15 is 0 Å². The number of benzene rings is 11. The number of rotatable bonds is 5. The van der Waals surface area contributed by atoms with E-state index in [2.05, 4.69) is 205 Å². The lowest BCUT2D eigenvalue weighted by atomic mass is 9.87. The van der Waals surface area contributed by atoms with E-state index in [4.69, 9.17) is 15.0 Å². The number of hydrogen-bond donors (Lipinski definition) is 0. The predicted octanol–water partition coefficient (Wildman–Crippen LogP) is 16.0. The zero-order valence-electron chi connectivity index (χ0n) is 35.1. The normalized spacial score (nSPS) is 12.0. The van der Waals surface area contributed by atoms with Crippen molar-refractivity contribution < 1.29 is 0 Å². The number of hydrogen-bond acceptors (Lipinski definition) is 3. The minimum Gasteiger partial charge on any atom is -0.309 e. The van der Waals surface area contributed by atoms with E-state index in [0.717, 1.165) is 38.9 Å². The van der Waals surface area contributed by atoms with Gasteiger partial charge in [-0.25, -0.2) is 15.0 Å². The van der Waals surface area contributed by atoms with Gasteiger partial charge in [0.1, 0.15) is 0 Å². The van der Waals surface area contributed by atoms with Crippen molar-refractivity contribution in [3.05, 3.63) is 218 Å². The smallest absolute Gasteiger partial charge is 0.164 e. The fourth-order valence-electron chi connectivity index (χ4n) is 10.6. The zero-order chi connectivity index (χ0) is 42.6. The fraction of sp³-hybridized carbons (Fsp3) is 0. The molecule has 0 aliphatic carbocycles. The number of para-hydroxylation sites is 2. The van der Waals surface area contributed by atoms with Crippen LogP contribution in [0.2, 0.25) is 0 Å². The van der Waals surface area contributed by atoms with Gasteiger partial charge in [0.2, 0.25) is 0 Å². The molecule has 14 rings (SSSR count). The molecule has 4 nitrogen and oxygen atoms in total. The summed E-state index contributed by atoms with van der Waals surface area (Å²) in [6.07, 6.45) is 0. The van der Waals surface area contributed by atoms with Crippen LogP contribution in [0, 0.1) is 0 Å². The summed E-state index contributed by atoms with van der Waals surface area (Å²) in [5.74, 6) is 1.89. The summed E-state index contributed by atoms with van der Waals surface area (Å²) in [5, 5.41) is 17.3. The molecule has 0 saturated heterocycles. The maximum absolute atomic E-state index is 5.36. The van der Waals surface area contributed by atoms with E-state index in [1.807, 2.05) is 18.2 Å². The first kappa shape index (κ1) is 35.8. The fourth-order valence-corrected chi connectivity index (χ4v) is 10.6. The maximum atomic E-state index is 5.36. The Morgan fingerprint density at radius 1 is 0.246 bits per heavy atom. The summed E-state index contributed by atoms with van der Waals surface area (Å²) in [5.41, 5.74) is 8.54. The van der Waals surface area contributed by atoms with E-state index in [1.165, 1.54) is 81.1 Å². The monoisotopic (exact) mass is 824 g/mol. The molecule has 0 atom stereocenters. The molecular weight excluding hydrogens is 789 g/mol. The molecule has 0 radical (unpaired) electrons. The summed E-state index contributed by atoms with van der Waals surface area (Å²) < 4.78 is 2.35. The minimum absolute atomic E-state index is 0.627. The Hall–Kier alpha value is -8.73. The molecule has 0 spiro atoms. The molecule has 14 aromatic rings. The lowest BCUT2D eigenvalue weighted by molar-refractivity contribution is 1.07. The third kappa shape index (κ3) is 5.47. The number of nitrogens with zero attached hydrogens (tertiary/aromatic N) is 4. The molecule has 300 valence electrons. The van der Waals surface area contributed by atoms with Gasteiger partial charge in [0.05, 0.1) is 11.0 Å². The highest BCUT2D eigenvalue weighted by molar-refractivity contribution is 6.37. The van der Waals surface area contributed by atoms with Crippen LogP contribution in [-0.2, 0) is 0 Å². The molecule has 65 heavy (non-hydrogen) atoms. The molecule has 0 saturated carbocycles. The second-order valence-electron chi connectivity index (χ2n) is 17.1. The van der Waals surface area contributed by atoms with Crippen molar-refractivity contribution >= 4 is 86.4 Å². The Kier molecular flexibility index (Phi) is 7.65. The van der Waals surface area contributed by atoms with Crippen molar-refractivity contribution in [2.75, 3.05) is 0 Å². The summed E-state index contributed by atoms with van der Waals surface area (Å²) in [4.78, 5) is 15.8. The molecule has 0 aliphatic heterocycles. The van der Waals surface area contributed by atoms with E-state index < -0.39 is 0 Å². The average molecular weight is 825 g/mol. The van der Waals surface area contributed by atoms with Gasteiger partial charge in [-0.15, -0.1) is 0 Å². The van der Waals surface area contributed by atoms with Gasteiger partial charge < -0.3 is 4.57 Å². The summed E-state index contributed by atoms with van der Waals surface area (Å²) in [6, 6.07) is 78.8. The topological polar surface area (TPSA) is 43.6 Å². The first-order chi connectivity index (χ1) is 32.2. The van der Waals surface area contributed by atoms with Crippen molar-refractivity contribution in [3.63, 3.8) is 0 Å². The third-order valence-electron chi connectivity index (χ3n) is 13.5. The number of fused-ring (bicyclic) bond motifs is 5. The Morgan fingerprint density at radius 3 is 1.40 bits per heavy atom. The van der Waals surface area contributed by atoms with Gasteiger partial charge >= 0.3 is 0 Å². The largest absolute Gasteiger partial charge is 0.309 e. The zero-order valence-corrected chi connectivity index (χ0v) is 35.1. The third-order valence-corrected chi connectivity index (χ3v) is 13.5. The second kappa shape index (κ2) is 13.9. The van der Waals surface area contributed by atoms with Crippen molar-refractivity contribution in [1.82, 2.24) is 19.5 Å². The van der Waals surface area contributed by atoms with Crippen LogP contribution in [0.25, 0.3) is 137 Å². The van der Waals surface area contributed by atoms with Gasteiger partial charge in [0.25, 0.3) is 0 Å². The van der Waals surface area contributed by atoms with Gasteiger partial charge in [-0.2, -0.15) is 0 Å². The molecule has 2 heterocycles. The minimum atomic E-state index is 0.627. The van der Waals surface area contributed by atoms with E-state index in [9.17, 15) is 0 Å². The predicted molar refractivity (Wildman–Crippen MR) is 272 cm³/mol. The number of aromatic nitrogens is 4. The van der Waals surface area contributed by atoms with Crippen LogP contribution in [0.15, 0.2) is 218 Å². The van der Waals surface area contributed by atoms with Crippen molar-refractivity contribution in [2.24, 2.45) is 0 Å². The molecule has 0 amide bonds. The second-order valence-corrected chi connectivity index (χ2v) is 17.1. The van der Waals surface area contributed by atoms with Crippen molar-refractivity contribution in [3.8, 4) is 51.0 Å². The maximum Gasteiger partial charge on any atom is 0.164 e. The van der Waals surface area contributed by atoms with Gasteiger partial charge in [-0.3, -0.25) is 0 Å². The first-order valence-corrected chi connectivity index (χ1v) is 22.2. The molecule has 4 heteroatoms. The van der Waals surface area contributed by atoms with E-state index in [1.54, 1.807) is 0 Å². The van der Waals surface area contributed by atoms with Gasteiger partial charge in [0, 0.05) is 33.2 Å². The SMILES string of the molecule is c1ccc(-c2nc(-c3cccc(-c4ccc5c(c4)c4ccccc4n5-c4ccccc4)c3)nc(-c3cc4ccc5cccc6c7cccc8ccc9cccc(c(c3)c4c56)c9c87)n2)cc1. The van der Waals surface area contributed by atoms with Crippen LogP contribution < -0.4 is 0 Å². The van der Waals surface area contributed by atoms with Crippen LogP contribution in [0.3, 0.4) is 0 Å². The highest BCUT2D eigenvalue weighted by Gasteiger charge is 2.20. The molecule has 2 aromatic heterocycles. The molecule has 0 unspecified atom stereocenters. The lowest BCUT2D eigenvalue weighted by Gasteiger charge is -2.17. The van der Waals surface area contributed by atoms with E-state index in [0.29, 0.717) is 17.5 Å². The van der Waals surface area contributed by atoms with Crippen molar-refractivity contribution in [2.45, 2.75) is 0 Å². The molecule has 0 aliphatic rings.